The Bertz CT molecular complexity index is 716. The third-order valence-electron chi connectivity index (χ3n) is 3.31. The van der Waals surface area contributed by atoms with Crippen molar-refractivity contribution >= 4 is 27.7 Å². The maximum atomic E-state index is 12.6. The number of carboxylic acid groups (broad SMARTS) is 1. The zero-order chi connectivity index (χ0) is 15.0. The summed E-state index contributed by atoms with van der Waals surface area (Å²) in [6.45, 7) is 5.28. The van der Waals surface area contributed by atoms with E-state index in [0.717, 1.165) is 10.0 Å². The SMILES string of the molecule is Cc1ccc(C(=O)c2c(C)[nH]c(C(=O)O)c2C)cc1Br. The molecule has 104 valence electrons. The molecule has 1 aromatic carbocycles. The molecule has 5 heteroatoms. The number of H-pyrrole nitrogens is 1. The van der Waals surface area contributed by atoms with Crippen molar-refractivity contribution in [2.75, 3.05) is 0 Å². The highest BCUT2D eigenvalue weighted by Gasteiger charge is 2.22. The first-order valence-electron chi connectivity index (χ1n) is 6.06. The quantitative estimate of drug-likeness (QED) is 0.841. The molecule has 0 fully saturated rings. The minimum Gasteiger partial charge on any atom is -0.477 e. The van der Waals surface area contributed by atoms with Gasteiger partial charge in [-0.15, -0.1) is 0 Å². The van der Waals surface area contributed by atoms with E-state index in [-0.39, 0.29) is 11.5 Å². The lowest BCUT2D eigenvalue weighted by molar-refractivity contribution is 0.0690. The normalized spacial score (nSPS) is 10.6. The Morgan fingerprint density at radius 2 is 1.85 bits per heavy atom. The summed E-state index contributed by atoms with van der Waals surface area (Å²) in [6, 6.07) is 5.35. The fourth-order valence-corrected chi connectivity index (χ4v) is 2.56. The summed E-state index contributed by atoms with van der Waals surface area (Å²) < 4.78 is 0.854. The van der Waals surface area contributed by atoms with Gasteiger partial charge in [0.25, 0.3) is 0 Å². The fraction of sp³-hybridized carbons (Fsp3) is 0.200. The van der Waals surface area contributed by atoms with Crippen LogP contribution in [-0.2, 0) is 0 Å². The average molecular weight is 336 g/mol. The summed E-state index contributed by atoms with van der Waals surface area (Å²) in [5.74, 6) is -1.24. The zero-order valence-corrected chi connectivity index (χ0v) is 13.0. The molecule has 1 aromatic heterocycles. The lowest BCUT2D eigenvalue weighted by Crippen LogP contribution is -2.05. The maximum Gasteiger partial charge on any atom is 0.352 e. The van der Waals surface area contributed by atoms with Gasteiger partial charge in [0.2, 0.25) is 0 Å². The van der Waals surface area contributed by atoms with Crippen molar-refractivity contribution in [2.45, 2.75) is 20.8 Å². The molecule has 0 amide bonds. The van der Waals surface area contributed by atoms with Crippen LogP contribution < -0.4 is 0 Å². The van der Waals surface area contributed by atoms with Crippen molar-refractivity contribution in [3.05, 3.63) is 56.3 Å². The molecule has 0 unspecified atom stereocenters. The van der Waals surface area contributed by atoms with Gasteiger partial charge < -0.3 is 10.1 Å². The standard InChI is InChI=1S/C15H14BrNO3/c1-7-4-5-10(6-11(7)16)14(18)12-8(2)13(15(19)20)17-9(12)3/h4-6,17H,1-3H3,(H,19,20). The molecular weight excluding hydrogens is 322 g/mol. The van der Waals surface area contributed by atoms with Crippen molar-refractivity contribution in [2.24, 2.45) is 0 Å². The maximum absolute atomic E-state index is 12.6. The Hall–Kier alpha value is -1.88. The molecule has 0 saturated heterocycles. The van der Waals surface area contributed by atoms with E-state index in [0.29, 0.717) is 22.4 Å². The van der Waals surface area contributed by atoms with Gasteiger partial charge in [0.15, 0.2) is 5.78 Å². The lowest BCUT2D eigenvalue weighted by atomic mass is 9.99. The first kappa shape index (κ1) is 14.5. The molecule has 0 atom stereocenters. The lowest BCUT2D eigenvalue weighted by Gasteiger charge is -2.05. The van der Waals surface area contributed by atoms with Gasteiger partial charge >= 0.3 is 5.97 Å². The van der Waals surface area contributed by atoms with Gasteiger partial charge in [-0.2, -0.15) is 0 Å². The molecule has 0 aliphatic rings. The number of benzene rings is 1. The van der Waals surface area contributed by atoms with Crippen molar-refractivity contribution in [1.82, 2.24) is 4.98 Å². The largest absolute Gasteiger partial charge is 0.477 e. The van der Waals surface area contributed by atoms with Crippen LogP contribution in [0.25, 0.3) is 0 Å². The molecule has 0 spiro atoms. The minimum atomic E-state index is -1.06. The molecule has 1 heterocycles. The molecule has 0 bridgehead atoms. The van der Waals surface area contributed by atoms with Crippen LogP contribution in [0.1, 0.15) is 43.2 Å². The third-order valence-corrected chi connectivity index (χ3v) is 4.17. The van der Waals surface area contributed by atoms with E-state index in [9.17, 15) is 9.59 Å². The highest BCUT2D eigenvalue weighted by atomic mass is 79.9. The van der Waals surface area contributed by atoms with Gasteiger partial charge in [0, 0.05) is 21.3 Å². The highest BCUT2D eigenvalue weighted by Crippen LogP contribution is 2.24. The smallest absolute Gasteiger partial charge is 0.352 e. The second kappa shape index (κ2) is 5.25. The Balaban J connectivity index is 2.53. The summed E-state index contributed by atoms with van der Waals surface area (Å²) in [6.07, 6.45) is 0. The number of aromatic amines is 1. The number of aromatic carboxylic acids is 1. The van der Waals surface area contributed by atoms with E-state index in [1.165, 1.54) is 0 Å². The van der Waals surface area contributed by atoms with Crippen LogP contribution >= 0.6 is 15.9 Å². The van der Waals surface area contributed by atoms with Crippen molar-refractivity contribution in [3.63, 3.8) is 0 Å². The molecule has 0 aliphatic heterocycles. The van der Waals surface area contributed by atoms with E-state index in [1.807, 2.05) is 13.0 Å². The van der Waals surface area contributed by atoms with Gasteiger partial charge in [-0.1, -0.05) is 28.1 Å². The molecule has 0 saturated carbocycles. The number of carboxylic acids is 1. The summed E-state index contributed by atoms with van der Waals surface area (Å²) in [5, 5.41) is 9.09. The zero-order valence-electron chi connectivity index (χ0n) is 11.4. The molecule has 2 aromatic rings. The first-order chi connectivity index (χ1) is 9.32. The molecule has 0 radical (unpaired) electrons. The monoisotopic (exact) mass is 335 g/mol. The number of ketones is 1. The van der Waals surface area contributed by atoms with Crippen molar-refractivity contribution in [1.29, 1.82) is 0 Å². The molecule has 4 nitrogen and oxygen atoms in total. The van der Waals surface area contributed by atoms with Crippen LogP contribution in [0, 0.1) is 20.8 Å². The van der Waals surface area contributed by atoms with Gasteiger partial charge in [-0.25, -0.2) is 4.79 Å². The Kier molecular flexibility index (Phi) is 3.81. The van der Waals surface area contributed by atoms with E-state index in [4.69, 9.17) is 5.11 Å². The molecule has 0 aliphatic carbocycles. The topological polar surface area (TPSA) is 70.2 Å². The van der Waals surface area contributed by atoms with Crippen molar-refractivity contribution < 1.29 is 14.7 Å². The predicted octanol–water partition coefficient (Wildman–Crippen LogP) is 3.63. The Morgan fingerprint density at radius 3 is 2.35 bits per heavy atom. The number of rotatable bonds is 3. The molecular formula is C15H14BrNO3. The van der Waals surface area contributed by atoms with Crippen LogP contribution in [0.2, 0.25) is 0 Å². The van der Waals surface area contributed by atoms with Crippen LogP contribution in [0.4, 0.5) is 0 Å². The van der Waals surface area contributed by atoms with Gasteiger partial charge in [-0.05, 0) is 38.0 Å². The number of hydrogen-bond acceptors (Lipinski definition) is 2. The van der Waals surface area contributed by atoms with Gasteiger partial charge in [0.05, 0.1) is 0 Å². The Labute approximate surface area is 125 Å². The third kappa shape index (κ3) is 2.41. The van der Waals surface area contributed by atoms with Crippen LogP contribution in [0.15, 0.2) is 22.7 Å². The van der Waals surface area contributed by atoms with E-state index < -0.39 is 5.97 Å². The fourth-order valence-electron chi connectivity index (χ4n) is 2.18. The van der Waals surface area contributed by atoms with Crippen LogP contribution in [0.5, 0.6) is 0 Å². The van der Waals surface area contributed by atoms with Gasteiger partial charge in [-0.3, -0.25) is 4.79 Å². The number of aryl methyl sites for hydroxylation is 2. The molecule has 2 rings (SSSR count). The Morgan fingerprint density at radius 1 is 1.20 bits per heavy atom. The van der Waals surface area contributed by atoms with Crippen molar-refractivity contribution in [3.8, 4) is 0 Å². The summed E-state index contributed by atoms with van der Waals surface area (Å²) in [7, 11) is 0. The minimum absolute atomic E-state index is 0.0667. The van der Waals surface area contributed by atoms with Gasteiger partial charge in [0.1, 0.15) is 5.69 Å². The van der Waals surface area contributed by atoms with E-state index >= 15 is 0 Å². The second-order valence-electron chi connectivity index (χ2n) is 4.72. The highest BCUT2D eigenvalue weighted by molar-refractivity contribution is 9.10. The second-order valence-corrected chi connectivity index (χ2v) is 5.58. The number of carbonyl (C=O) groups excluding carboxylic acids is 1. The number of carbonyl (C=O) groups is 2. The summed E-state index contributed by atoms with van der Waals surface area (Å²) in [4.78, 5) is 26.4. The van der Waals surface area contributed by atoms with E-state index in [2.05, 4.69) is 20.9 Å². The van der Waals surface area contributed by atoms with Crippen LogP contribution in [-0.4, -0.2) is 21.8 Å². The summed E-state index contributed by atoms with van der Waals surface area (Å²) >= 11 is 3.40. The number of nitrogens with one attached hydrogen (secondary N) is 1. The van der Waals surface area contributed by atoms with E-state index in [1.54, 1.807) is 26.0 Å². The predicted molar refractivity (Wildman–Crippen MR) is 79.5 cm³/mol. The number of hydrogen-bond donors (Lipinski definition) is 2. The first-order valence-corrected chi connectivity index (χ1v) is 6.85. The number of aromatic nitrogens is 1. The average Bonchev–Trinajstić information content (AvgIpc) is 2.67. The number of halogens is 1. The van der Waals surface area contributed by atoms with Crippen LogP contribution in [0.3, 0.4) is 0 Å². The molecule has 2 N–H and O–H groups in total. The summed E-state index contributed by atoms with van der Waals surface area (Å²) in [5.41, 5.74) is 3.10. The molecule has 20 heavy (non-hydrogen) atoms.